The van der Waals surface area contributed by atoms with E-state index < -0.39 is 0 Å². The topological polar surface area (TPSA) is 18.5 Å². The normalized spacial score (nSPS) is 50.4. The van der Waals surface area contributed by atoms with Gasteiger partial charge in [-0.05, 0) is 23.7 Å². The van der Waals surface area contributed by atoms with Crippen LogP contribution in [-0.4, -0.2) is 23.8 Å². The molecule has 1 heterocycles. The second-order valence-corrected chi connectivity index (χ2v) is 6.87. The minimum absolute atomic E-state index is 0.292. The van der Waals surface area contributed by atoms with E-state index in [0.717, 1.165) is 13.2 Å². The molecule has 1 aliphatic heterocycles. The molecule has 0 N–H and O–H groups in total. The molecule has 3 heteroatoms. The first kappa shape index (κ1) is 10.5. The fraction of sp³-hybridized carbons (Fsp3) is 1.00. The van der Waals surface area contributed by atoms with Crippen LogP contribution in [0.2, 0.25) is 0 Å². The van der Waals surface area contributed by atoms with Crippen molar-refractivity contribution < 1.29 is 9.47 Å². The predicted molar refractivity (Wildman–Crippen MR) is 61.9 cm³/mol. The lowest BCUT2D eigenvalue weighted by Crippen LogP contribution is -2.53. The number of hydrogen-bond acceptors (Lipinski definition) is 2. The molecule has 0 aromatic carbocycles. The van der Waals surface area contributed by atoms with Crippen LogP contribution in [0.5, 0.6) is 0 Å². The van der Waals surface area contributed by atoms with E-state index in [1.54, 1.807) is 0 Å². The van der Waals surface area contributed by atoms with E-state index in [9.17, 15) is 0 Å². The molecule has 3 aliphatic rings. The van der Waals surface area contributed by atoms with Crippen LogP contribution < -0.4 is 0 Å². The number of alkyl halides is 1. The van der Waals surface area contributed by atoms with Gasteiger partial charge < -0.3 is 9.47 Å². The summed E-state index contributed by atoms with van der Waals surface area (Å²) in [5.74, 6) is 1.66. The maximum absolute atomic E-state index is 5.94. The Morgan fingerprint density at radius 3 is 2.27 bits per heavy atom. The average Bonchev–Trinajstić information content (AvgIpc) is 2.80. The van der Waals surface area contributed by atoms with Crippen LogP contribution in [-0.2, 0) is 9.47 Å². The second kappa shape index (κ2) is 2.99. The summed E-state index contributed by atoms with van der Waals surface area (Å²) in [5, 5.41) is 0. The lowest BCUT2D eigenvalue weighted by molar-refractivity contribution is -0.208. The minimum Gasteiger partial charge on any atom is -0.346 e. The van der Waals surface area contributed by atoms with Crippen molar-refractivity contribution in [2.45, 2.75) is 37.8 Å². The Morgan fingerprint density at radius 2 is 1.73 bits per heavy atom. The van der Waals surface area contributed by atoms with Crippen LogP contribution in [0.4, 0.5) is 0 Å². The number of hydrogen-bond donors (Lipinski definition) is 0. The van der Waals surface area contributed by atoms with Crippen molar-refractivity contribution in [3.05, 3.63) is 0 Å². The summed E-state index contributed by atoms with van der Waals surface area (Å²) in [6.45, 7) is 8.66. The smallest absolute Gasteiger partial charge is 0.184 e. The highest BCUT2D eigenvalue weighted by Crippen LogP contribution is 2.66. The first-order chi connectivity index (χ1) is 7.00. The van der Waals surface area contributed by atoms with Crippen LogP contribution in [0.1, 0.15) is 27.2 Å². The third-order valence-corrected chi connectivity index (χ3v) is 6.51. The van der Waals surface area contributed by atoms with Gasteiger partial charge in [0.25, 0.3) is 0 Å². The van der Waals surface area contributed by atoms with Gasteiger partial charge in [-0.1, -0.05) is 36.7 Å². The molecular weight excluding hydrogens is 256 g/mol. The van der Waals surface area contributed by atoms with Crippen LogP contribution in [0, 0.1) is 23.2 Å². The Hall–Kier alpha value is 0.400. The first-order valence-corrected chi connectivity index (χ1v) is 6.83. The van der Waals surface area contributed by atoms with Gasteiger partial charge in [-0.3, -0.25) is 0 Å². The van der Waals surface area contributed by atoms with Crippen molar-refractivity contribution in [2.75, 3.05) is 13.2 Å². The fourth-order valence-corrected chi connectivity index (χ4v) is 5.45. The SMILES string of the molecule is C[C@@H]1[C@H]2C[C@H]([C@H](Br)C23OCCO3)C1(C)C. The highest BCUT2D eigenvalue weighted by Gasteiger charge is 2.69. The Bertz CT molecular complexity index is 283. The van der Waals surface area contributed by atoms with E-state index in [1.807, 2.05) is 0 Å². The Balaban J connectivity index is 1.99. The molecule has 3 rings (SSSR count). The van der Waals surface area contributed by atoms with Crippen LogP contribution in [0.15, 0.2) is 0 Å². The highest BCUT2D eigenvalue weighted by atomic mass is 79.9. The van der Waals surface area contributed by atoms with Crippen molar-refractivity contribution in [2.24, 2.45) is 23.2 Å². The lowest BCUT2D eigenvalue weighted by atomic mass is 9.67. The molecule has 0 amide bonds. The quantitative estimate of drug-likeness (QED) is 0.633. The second-order valence-electron chi connectivity index (χ2n) is 5.88. The summed E-state index contributed by atoms with van der Waals surface area (Å²) in [6, 6.07) is 0. The molecule has 0 unspecified atom stereocenters. The van der Waals surface area contributed by atoms with Gasteiger partial charge in [0.05, 0.1) is 18.0 Å². The van der Waals surface area contributed by atoms with Crippen LogP contribution in [0.3, 0.4) is 0 Å². The molecule has 86 valence electrons. The van der Waals surface area contributed by atoms with Gasteiger partial charge in [-0.15, -0.1) is 0 Å². The highest BCUT2D eigenvalue weighted by molar-refractivity contribution is 9.09. The molecule has 4 atom stereocenters. The summed E-state index contributed by atoms with van der Waals surface area (Å²) < 4.78 is 11.9. The maximum atomic E-state index is 5.94. The molecule has 0 radical (unpaired) electrons. The van der Waals surface area contributed by atoms with Gasteiger partial charge in [0.2, 0.25) is 0 Å². The van der Waals surface area contributed by atoms with Crippen molar-refractivity contribution >= 4 is 15.9 Å². The van der Waals surface area contributed by atoms with Crippen molar-refractivity contribution in [3.8, 4) is 0 Å². The molecule has 1 spiro atoms. The molecule has 0 aromatic rings. The number of halogens is 1. The monoisotopic (exact) mass is 274 g/mol. The van der Waals surface area contributed by atoms with E-state index in [4.69, 9.17) is 9.47 Å². The lowest BCUT2D eigenvalue weighted by Gasteiger charge is -2.47. The summed E-state index contributed by atoms with van der Waals surface area (Å²) >= 11 is 3.83. The Kier molecular flexibility index (Phi) is 2.10. The zero-order valence-electron chi connectivity index (χ0n) is 9.63. The minimum atomic E-state index is -0.292. The van der Waals surface area contributed by atoms with E-state index in [0.29, 0.717) is 28.0 Å². The third-order valence-electron chi connectivity index (χ3n) is 5.23. The van der Waals surface area contributed by atoms with Crippen LogP contribution >= 0.6 is 15.9 Å². The molecule has 2 saturated carbocycles. The Labute approximate surface area is 99.8 Å². The van der Waals surface area contributed by atoms with Crippen molar-refractivity contribution in [3.63, 3.8) is 0 Å². The molecular formula is C12H19BrO2. The van der Waals surface area contributed by atoms with Gasteiger partial charge in [-0.25, -0.2) is 0 Å². The molecule has 2 aliphatic carbocycles. The van der Waals surface area contributed by atoms with Gasteiger partial charge >= 0.3 is 0 Å². The molecule has 15 heavy (non-hydrogen) atoms. The summed E-state index contributed by atoms with van der Waals surface area (Å²) in [4.78, 5) is 0.378. The van der Waals surface area contributed by atoms with Gasteiger partial charge in [0.15, 0.2) is 5.79 Å². The molecule has 2 bridgehead atoms. The summed E-state index contributed by atoms with van der Waals surface area (Å²) in [5.41, 5.74) is 0.416. The van der Waals surface area contributed by atoms with E-state index >= 15 is 0 Å². The van der Waals surface area contributed by atoms with Gasteiger partial charge in [0, 0.05) is 5.92 Å². The standard InChI is InChI=1S/C12H19BrO2/c1-7-8-6-9(11(7,2)3)10(13)12(8)14-4-5-15-12/h7-10H,4-6H2,1-3H3/t7-,8-,9-,10+/m1/s1. The largest absolute Gasteiger partial charge is 0.346 e. The maximum Gasteiger partial charge on any atom is 0.184 e. The summed E-state index contributed by atoms with van der Waals surface area (Å²) in [7, 11) is 0. The molecule has 1 saturated heterocycles. The first-order valence-electron chi connectivity index (χ1n) is 5.92. The van der Waals surface area contributed by atoms with Crippen molar-refractivity contribution in [1.29, 1.82) is 0 Å². The zero-order chi connectivity index (χ0) is 10.8. The van der Waals surface area contributed by atoms with E-state index in [1.165, 1.54) is 6.42 Å². The zero-order valence-corrected chi connectivity index (χ0v) is 11.2. The van der Waals surface area contributed by atoms with E-state index in [-0.39, 0.29) is 5.79 Å². The van der Waals surface area contributed by atoms with Crippen molar-refractivity contribution in [1.82, 2.24) is 0 Å². The predicted octanol–water partition coefficient (Wildman–Crippen LogP) is 2.81. The number of fused-ring (bicyclic) bond motifs is 3. The third kappa shape index (κ3) is 1.07. The molecule has 3 fully saturated rings. The average molecular weight is 275 g/mol. The van der Waals surface area contributed by atoms with E-state index in [2.05, 4.69) is 36.7 Å². The number of rotatable bonds is 0. The number of ether oxygens (including phenoxy) is 2. The van der Waals surface area contributed by atoms with Gasteiger partial charge in [-0.2, -0.15) is 0 Å². The summed E-state index contributed by atoms with van der Waals surface area (Å²) in [6.07, 6.45) is 1.25. The fourth-order valence-electron chi connectivity index (χ4n) is 3.95. The Morgan fingerprint density at radius 1 is 1.13 bits per heavy atom. The van der Waals surface area contributed by atoms with Gasteiger partial charge in [0.1, 0.15) is 0 Å². The molecule has 2 nitrogen and oxygen atoms in total. The molecule has 0 aromatic heterocycles. The van der Waals surface area contributed by atoms with Crippen LogP contribution in [0.25, 0.3) is 0 Å².